The number of nitrogens with zero attached hydrogens (tertiary/aromatic N) is 1. The zero-order chi connectivity index (χ0) is 16.4. The third kappa shape index (κ3) is 2.97. The van der Waals surface area contributed by atoms with Gasteiger partial charge in [-0.1, -0.05) is 42.5 Å². The Morgan fingerprint density at radius 1 is 1.26 bits per heavy atom. The largest absolute Gasteiger partial charge is 0.445 e. The van der Waals surface area contributed by atoms with Gasteiger partial charge in [-0.3, -0.25) is 14.5 Å². The lowest BCUT2D eigenvalue weighted by Gasteiger charge is -2.26. The summed E-state index contributed by atoms with van der Waals surface area (Å²) < 4.78 is 5.17. The number of carbonyl (C=O) groups excluding carboxylic acids is 3. The van der Waals surface area contributed by atoms with Crippen molar-refractivity contribution < 1.29 is 19.1 Å². The van der Waals surface area contributed by atoms with Crippen LogP contribution in [0.3, 0.4) is 0 Å². The second-order valence-corrected chi connectivity index (χ2v) is 5.76. The Kier molecular flexibility index (Phi) is 4.14. The fourth-order valence-corrected chi connectivity index (χ4v) is 3.09. The molecule has 0 radical (unpaired) electrons. The molecule has 0 spiro atoms. The molecule has 6 heteroatoms. The number of ether oxygens (including phenoxy) is 1. The molecule has 23 heavy (non-hydrogen) atoms. The number of hydrogen-bond acceptors (Lipinski definition) is 4. The Labute approximate surface area is 134 Å². The molecule has 1 fully saturated rings. The summed E-state index contributed by atoms with van der Waals surface area (Å²) in [5, 5.41) is 2.68. The first-order chi connectivity index (χ1) is 11.1. The molecular formula is C17H18N2O4. The van der Waals surface area contributed by atoms with E-state index in [1.54, 1.807) is 6.08 Å². The van der Waals surface area contributed by atoms with Crippen molar-refractivity contribution in [1.82, 2.24) is 10.2 Å². The number of fused-ring (bicyclic) bond motifs is 1. The summed E-state index contributed by atoms with van der Waals surface area (Å²) in [5.41, 5.74) is 0.881. The van der Waals surface area contributed by atoms with Crippen LogP contribution in [0.1, 0.15) is 12.0 Å². The summed E-state index contributed by atoms with van der Waals surface area (Å²) in [6.07, 6.45) is 3.51. The fourth-order valence-electron chi connectivity index (χ4n) is 3.09. The van der Waals surface area contributed by atoms with Crippen LogP contribution in [0.25, 0.3) is 0 Å². The van der Waals surface area contributed by atoms with E-state index in [1.165, 1.54) is 7.05 Å². The zero-order valence-corrected chi connectivity index (χ0v) is 12.8. The van der Waals surface area contributed by atoms with Crippen LogP contribution in [0.15, 0.2) is 42.5 Å². The molecule has 1 aromatic rings. The number of benzene rings is 1. The van der Waals surface area contributed by atoms with Crippen LogP contribution < -0.4 is 5.32 Å². The highest BCUT2D eigenvalue weighted by molar-refractivity contribution is 6.05. The Hall–Kier alpha value is -2.63. The molecule has 3 atom stereocenters. The summed E-state index contributed by atoms with van der Waals surface area (Å²) in [6, 6.07) is 8.82. The van der Waals surface area contributed by atoms with Gasteiger partial charge in [0.15, 0.2) is 0 Å². The highest BCUT2D eigenvalue weighted by atomic mass is 16.5. The Morgan fingerprint density at radius 3 is 2.74 bits per heavy atom. The van der Waals surface area contributed by atoms with Gasteiger partial charge in [-0.25, -0.2) is 4.79 Å². The first-order valence-electron chi connectivity index (χ1n) is 7.53. The number of hydrogen-bond donors (Lipinski definition) is 1. The van der Waals surface area contributed by atoms with E-state index >= 15 is 0 Å². The predicted octanol–water partition coefficient (Wildman–Crippen LogP) is 1.47. The van der Waals surface area contributed by atoms with E-state index in [1.807, 2.05) is 36.4 Å². The third-order valence-corrected chi connectivity index (χ3v) is 4.31. The molecule has 3 unspecified atom stereocenters. The number of nitrogens with one attached hydrogen (secondary N) is 1. The average molecular weight is 314 g/mol. The van der Waals surface area contributed by atoms with Gasteiger partial charge in [0.2, 0.25) is 11.8 Å². The van der Waals surface area contributed by atoms with Crippen molar-refractivity contribution in [2.45, 2.75) is 19.1 Å². The number of alkyl carbamates (subject to hydrolysis) is 1. The molecule has 2 aliphatic rings. The molecule has 120 valence electrons. The zero-order valence-electron chi connectivity index (χ0n) is 12.8. The molecule has 1 N–H and O–H groups in total. The molecule has 3 rings (SSSR count). The third-order valence-electron chi connectivity index (χ3n) is 4.31. The number of imide groups is 1. The van der Waals surface area contributed by atoms with E-state index in [0.717, 1.165) is 10.5 Å². The summed E-state index contributed by atoms with van der Waals surface area (Å²) >= 11 is 0. The highest BCUT2D eigenvalue weighted by Crippen LogP contribution is 2.34. The van der Waals surface area contributed by atoms with Crippen LogP contribution in [0, 0.1) is 11.8 Å². The van der Waals surface area contributed by atoms with Crippen molar-refractivity contribution in [3.8, 4) is 0 Å². The predicted molar refractivity (Wildman–Crippen MR) is 82.1 cm³/mol. The smallest absolute Gasteiger partial charge is 0.407 e. The maximum atomic E-state index is 12.2. The molecule has 0 bridgehead atoms. The quantitative estimate of drug-likeness (QED) is 0.677. The molecule has 1 aliphatic carbocycles. The van der Waals surface area contributed by atoms with Crippen molar-refractivity contribution in [1.29, 1.82) is 0 Å². The van der Waals surface area contributed by atoms with Crippen molar-refractivity contribution in [2.24, 2.45) is 11.8 Å². The SMILES string of the molecule is CN1C(=O)C2CC=CC(NC(=O)OCc3ccccc3)C2C1=O. The second-order valence-electron chi connectivity index (χ2n) is 5.76. The van der Waals surface area contributed by atoms with E-state index in [0.29, 0.717) is 6.42 Å². The van der Waals surface area contributed by atoms with Crippen molar-refractivity contribution in [2.75, 3.05) is 7.05 Å². The van der Waals surface area contributed by atoms with Gasteiger partial charge in [-0.15, -0.1) is 0 Å². The number of carbonyl (C=O) groups is 3. The number of likely N-dealkylation sites (tertiary alicyclic amines) is 1. The minimum absolute atomic E-state index is 0.157. The summed E-state index contributed by atoms with van der Waals surface area (Å²) in [5.74, 6) is -1.37. The normalized spacial score (nSPS) is 26.1. The minimum Gasteiger partial charge on any atom is -0.445 e. The van der Waals surface area contributed by atoms with Crippen molar-refractivity contribution >= 4 is 17.9 Å². The van der Waals surface area contributed by atoms with Crippen LogP contribution in [-0.4, -0.2) is 35.9 Å². The highest BCUT2D eigenvalue weighted by Gasteiger charge is 2.50. The lowest BCUT2D eigenvalue weighted by atomic mass is 9.81. The van der Waals surface area contributed by atoms with Gasteiger partial charge < -0.3 is 10.1 Å². The van der Waals surface area contributed by atoms with E-state index < -0.39 is 24.0 Å². The molecule has 1 saturated heterocycles. The summed E-state index contributed by atoms with van der Waals surface area (Å²) in [7, 11) is 1.48. The Bertz CT molecular complexity index is 656. The first kappa shape index (κ1) is 15.3. The maximum absolute atomic E-state index is 12.2. The Morgan fingerprint density at radius 2 is 2.00 bits per heavy atom. The fraction of sp³-hybridized carbons (Fsp3) is 0.353. The molecule has 0 saturated carbocycles. The lowest BCUT2D eigenvalue weighted by Crippen LogP contribution is -2.45. The number of allylic oxidation sites excluding steroid dienone is 1. The van der Waals surface area contributed by atoms with Crippen LogP contribution in [0.5, 0.6) is 0 Å². The molecular weight excluding hydrogens is 296 g/mol. The lowest BCUT2D eigenvalue weighted by molar-refractivity contribution is -0.138. The first-order valence-corrected chi connectivity index (χ1v) is 7.53. The van der Waals surface area contributed by atoms with E-state index in [2.05, 4.69) is 5.32 Å². The number of rotatable bonds is 3. The number of amides is 3. The topological polar surface area (TPSA) is 75.7 Å². The monoisotopic (exact) mass is 314 g/mol. The molecule has 1 heterocycles. The van der Waals surface area contributed by atoms with Crippen LogP contribution in [0.4, 0.5) is 4.79 Å². The van der Waals surface area contributed by atoms with Crippen molar-refractivity contribution in [3.05, 3.63) is 48.0 Å². The summed E-state index contributed by atoms with van der Waals surface area (Å²) in [4.78, 5) is 37.3. The van der Waals surface area contributed by atoms with Crippen LogP contribution in [-0.2, 0) is 20.9 Å². The van der Waals surface area contributed by atoms with Gasteiger partial charge in [-0.05, 0) is 12.0 Å². The maximum Gasteiger partial charge on any atom is 0.407 e. The van der Waals surface area contributed by atoms with Gasteiger partial charge in [0.05, 0.1) is 17.9 Å². The van der Waals surface area contributed by atoms with Gasteiger partial charge in [-0.2, -0.15) is 0 Å². The van der Waals surface area contributed by atoms with Gasteiger partial charge in [0.25, 0.3) is 0 Å². The Balaban J connectivity index is 1.62. The molecule has 1 aliphatic heterocycles. The standard InChI is InChI=1S/C17H18N2O4/c1-19-15(20)12-8-5-9-13(14(12)16(19)21)18-17(22)23-10-11-6-3-2-4-7-11/h2-7,9,12-14H,8,10H2,1H3,(H,18,22). The average Bonchev–Trinajstić information content (AvgIpc) is 2.79. The van der Waals surface area contributed by atoms with Crippen molar-refractivity contribution in [3.63, 3.8) is 0 Å². The van der Waals surface area contributed by atoms with E-state index in [4.69, 9.17) is 4.74 Å². The van der Waals surface area contributed by atoms with Gasteiger partial charge in [0, 0.05) is 7.05 Å². The van der Waals surface area contributed by atoms with Crippen LogP contribution >= 0.6 is 0 Å². The second kappa shape index (κ2) is 6.24. The molecule has 1 aromatic carbocycles. The van der Waals surface area contributed by atoms with E-state index in [-0.39, 0.29) is 18.4 Å². The van der Waals surface area contributed by atoms with Gasteiger partial charge >= 0.3 is 6.09 Å². The summed E-state index contributed by atoms with van der Waals surface area (Å²) in [6.45, 7) is 0.157. The van der Waals surface area contributed by atoms with E-state index in [9.17, 15) is 14.4 Å². The molecule has 0 aromatic heterocycles. The van der Waals surface area contributed by atoms with Gasteiger partial charge in [0.1, 0.15) is 6.61 Å². The van der Waals surface area contributed by atoms with Crippen LogP contribution in [0.2, 0.25) is 0 Å². The molecule has 6 nitrogen and oxygen atoms in total. The molecule has 3 amide bonds. The minimum atomic E-state index is -0.598.